The van der Waals surface area contributed by atoms with Crippen LogP contribution in [0.4, 0.5) is 0 Å². The van der Waals surface area contributed by atoms with E-state index < -0.39 is 5.79 Å². The van der Waals surface area contributed by atoms with Crippen LogP contribution in [-0.4, -0.2) is 36.3 Å². The Hall–Kier alpha value is -0.160. The second-order valence-electron chi connectivity index (χ2n) is 4.88. The van der Waals surface area contributed by atoms with E-state index in [1.807, 2.05) is 13.8 Å². The molecule has 2 rings (SSSR count). The van der Waals surface area contributed by atoms with Gasteiger partial charge >= 0.3 is 0 Å². The Balaban J connectivity index is 0.000000386. The Labute approximate surface area is 98.1 Å². The summed E-state index contributed by atoms with van der Waals surface area (Å²) in [6, 6.07) is 0. The maximum Gasteiger partial charge on any atom is 0.163 e. The summed E-state index contributed by atoms with van der Waals surface area (Å²) >= 11 is 0. The van der Waals surface area contributed by atoms with Gasteiger partial charge in [0.1, 0.15) is 0 Å². The lowest BCUT2D eigenvalue weighted by Crippen LogP contribution is -2.39. The van der Waals surface area contributed by atoms with Crippen molar-refractivity contribution in [3.05, 3.63) is 0 Å². The lowest BCUT2D eigenvalue weighted by molar-refractivity contribution is -0.148. The Morgan fingerprint density at radius 3 is 2.50 bits per heavy atom. The summed E-state index contributed by atoms with van der Waals surface area (Å²) in [5.41, 5.74) is 5.71. The molecular formula is C12H25NO3. The van der Waals surface area contributed by atoms with E-state index in [9.17, 15) is 0 Å². The average molecular weight is 231 g/mol. The molecule has 0 radical (unpaired) electrons. The van der Waals surface area contributed by atoms with Crippen LogP contribution in [-0.2, 0) is 9.47 Å². The largest absolute Gasteiger partial charge is 0.397 e. The number of aliphatic hydroxyl groups excluding tert-OH is 1. The van der Waals surface area contributed by atoms with E-state index in [4.69, 9.17) is 20.3 Å². The fourth-order valence-electron chi connectivity index (χ4n) is 2.48. The number of hydrogen-bond acceptors (Lipinski definition) is 4. The van der Waals surface area contributed by atoms with E-state index in [1.54, 1.807) is 6.92 Å². The standard InChI is InChI=1S/C10H19NO2.C2H6O/c1-10(2)12-8-5-3-4-7(6-11)9(8)13-10;1-2-3/h7-9H,3-6,11H2,1-2H3;3H,2H2,1H3/t7-,8?,9?;/m1./s1. The summed E-state index contributed by atoms with van der Waals surface area (Å²) in [5.74, 6) is 0.105. The van der Waals surface area contributed by atoms with Crippen molar-refractivity contribution in [1.82, 2.24) is 0 Å². The van der Waals surface area contributed by atoms with Crippen LogP contribution in [0.15, 0.2) is 0 Å². The van der Waals surface area contributed by atoms with Crippen molar-refractivity contribution in [3.63, 3.8) is 0 Å². The van der Waals surface area contributed by atoms with Gasteiger partial charge < -0.3 is 20.3 Å². The zero-order chi connectivity index (χ0) is 12.2. The monoisotopic (exact) mass is 231 g/mol. The fraction of sp³-hybridized carbons (Fsp3) is 1.00. The Morgan fingerprint density at radius 1 is 1.31 bits per heavy atom. The van der Waals surface area contributed by atoms with Crippen molar-refractivity contribution in [2.45, 2.75) is 58.0 Å². The molecule has 2 fully saturated rings. The number of rotatable bonds is 1. The molecule has 0 amide bonds. The number of hydrogen-bond donors (Lipinski definition) is 2. The first-order chi connectivity index (χ1) is 7.54. The molecule has 0 spiro atoms. The molecular weight excluding hydrogens is 206 g/mol. The number of aliphatic hydroxyl groups is 1. The minimum Gasteiger partial charge on any atom is -0.397 e. The fourth-order valence-corrected chi connectivity index (χ4v) is 2.48. The molecule has 3 atom stereocenters. The molecule has 4 heteroatoms. The topological polar surface area (TPSA) is 64.7 Å². The van der Waals surface area contributed by atoms with Crippen molar-refractivity contribution in [1.29, 1.82) is 0 Å². The van der Waals surface area contributed by atoms with Crippen LogP contribution in [0.2, 0.25) is 0 Å². The second-order valence-corrected chi connectivity index (χ2v) is 4.88. The minimum atomic E-state index is -0.396. The maximum absolute atomic E-state index is 7.57. The number of nitrogens with two attached hydrogens (primary N) is 1. The van der Waals surface area contributed by atoms with Crippen LogP contribution in [0.5, 0.6) is 0 Å². The molecule has 1 aliphatic carbocycles. The normalized spacial score (nSPS) is 36.2. The van der Waals surface area contributed by atoms with Crippen molar-refractivity contribution >= 4 is 0 Å². The molecule has 1 saturated carbocycles. The molecule has 3 N–H and O–H groups in total. The van der Waals surface area contributed by atoms with Crippen LogP contribution in [0.3, 0.4) is 0 Å². The van der Waals surface area contributed by atoms with Gasteiger partial charge in [-0.3, -0.25) is 0 Å². The highest BCUT2D eigenvalue weighted by Crippen LogP contribution is 2.39. The van der Waals surface area contributed by atoms with E-state index in [1.165, 1.54) is 12.8 Å². The van der Waals surface area contributed by atoms with Crippen molar-refractivity contribution < 1.29 is 14.6 Å². The number of fused-ring (bicyclic) bond motifs is 1. The van der Waals surface area contributed by atoms with Gasteiger partial charge in [-0.05, 0) is 40.2 Å². The lowest BCUT2D eigenvalue weighted by Gasteiger charge is -2.30. The van der Waals surface area contributed by atoms with E-state index in [0.29, 0.717) is 5.92 Å². The Bertz CT molecular complexity index is 208. The first-order valence-electron chi connectivity index (χ1n) is 6.20. The molecule has 96 valence electrons. The Kier molecular flexibility index (Phi) is 5.18. The van der Waals surface area contributed by atoms with Crippen LogP contribution in [0.25, 0.3) is 0 Å². The smallest absolute Gasteiger partial charge is 0.163 e. The van der Waals surface area contributed by atoms with Crippen LogP contribution in [0, 0.1) is 5.92 Å². The van der Waals surface area contributed by atoms with Gasteiger partial charge in [-0.25, -0.2) is 0 Å². The van der Waals surface area contributed by atoms with Crippen molar-refractivity contribution in [2.75, 3.05) is 13.2 Å². The molecule has 2 unspecified atom stereocenters. The first kappa shape index (κ1) is 13.9. The van der Waals surface area contributed by atoms with E-state index >= 15 is 0 Å². The van der Waals surface area contributed by atoms with Gasteiger partial charge in [0.05, 0.1) is 12.2 Å². The van der Waals surface area contributed by atoms with Gasteiger partial charge in [0.15, 0.2) is 5.79 Å². The second kappa shape index (κ2) is 5.96. The predicted octanol–water partition coefficient (Wildman–Crippen LogP) is 1.26. The Morgan fingerprint density at radius 2 is 1.94 bits per heavy atom. The number of ether oxygens (including phenoxy) is 2. The molecule has 0 aromatic carbocycles. The van der Waals surface area contributed by atoms with Crippen LogP contribution >= 0.6 is 0 Å². The molecule has 0 aromatic heterocycles. The molecule has 16 heavy (non-hydrogen) atoms. The van der Waals surface area contributed by atoms with Gasteiger partial charge in [-0.1, -0.05) is 6.42 Å². The molecule has 4 nitrogen and oxygen atoms in total. The summed E-state index contributed by atoms with van der Waals surface area (Å²) in [7, 11) is 0. The van der Waals surface area contributed by atoms with Gasteiger partial charge in [0, 0.05) is 12.5 Å². The van der Waals surface area contributed by atoms with Crippen LogP contribution < -0.4 is 5.73 Å². The lowest BCUT2D eigenvalue weighted by atomic mass is 9.85. The quantitative estimate of drug-likeness (QED) is 0.713. The van der Waals surface area contributed by atoms with Gasteiger partial charge in [-0.15, -0.1) is 0 Å². The molecule has 0 bridgehead atoms. The molecule has 2 aliphatic rings. The summed E-state index contributed by atoms with van der Waals surface area (Å²) in [5, 5.41) is 7.57. The predicted molar refractivity (Wildman–Crippen MR) is 63.0 cm³/mol. The summed E-state index contributed by atoms with van der Waals surface area (Å²) in [6.45, 7) is 6.62. The highest BCUT2D eigenvalue weighted by atomic mass is 16.8. The van der Waals surface area contributed by atoms with Crippen LogP contribution in [0.1, 0.15) is 40.0 Å². The minimum absolute atomic E-state index is 0.244. The van der Waals surface area contributed by atoms with Gasteiger partial charge in [-0.2, -0.15) is 0 Å². The third-order valence-corrected chi connectivity index (χ3v) is 3.05. The maximum atomic E-state index is 7.57. The van der Waals surface area contributed by atoms with E-state index in [-0.39, 0.29) is 18.8 Å². The molecule has 1 heterocycles. The highest BCUT2D eigenvalue weighted by molar-refractivity contribution is 4.90. The summed E-state index contributed by atoms with van der Waals surface area (Å²) in [6.07, 6.45) is 4.08. The zero-order valence-corrected chi connectivity index (χ0v) is 10.6. The van der Waals surface area contributed by atoms with E-state index in [2.05, 4.69) is 0 Å². The SMILES string of the molecule is CC1(C)OC2CCC[C@H](CN)C2O1.CCO. The van der Waals surface area contributed by atoms with Gasteiger partial charge in [0.2, 0.25) is 0 Å². The zero-order valence-electron chi connectivity index (χ0n) is 10.6. The van der Waals surface area contributed by atoms with Crippen molar-refractivity contribution in [2.24, 2.45) is 11.7 Å². The molecule has 1 aliphatic heterocycles. The van der Waals surface area contributed by atoms with Gasteiger partial charge in [0.25, 0.3) is 0 Å². The van der Waals surface area contributed by atoms with E-state index in [0.717, 1.165) is 13.0 Å². The summed E-state index contributed by atoms with van der Waals surface area (Å²) < 4.78 is 11.7. The first-order valence-corrected chi connectivity index (χ1v) is 6.20. The third kappa shape index (κ3) is 3.42. The third-order valence-electron chi connectivity index (χ3n) is 3.05. The highest BCUT2D eigenvalue weighted by Gasteiger charge is 2.46. The molecule has 1 saturated heterocycles. The average Bonchev–Trinajstić information content (AvgIpc) is 2.52. The molecule has 0 aromatic rings. The van der Waals surface area contributed by atoms with Crippen molar-refractivity contribution in [3.8, 4) is 0 Å². The summed E-state index contributed by atoms with van der Waals surface area (Å²) in [4.78, 5) is 0.